The van der Waals surface area contributed by atoms with Crippen molar-refractivity contribution in [3.05, 3.63) is 76.0 Å². The maximum Gasteiger partial charge on any atom is 0.293 e. The molecule has 0 aliphatic rings. The van der Waals surface area contributed by atoms with Gasteiger partial charge in [-0.2, -0.15) is 5.26 Å². The topological polar surface area (TPSA) is 71.9 Å². The third-order valence-electron chi connectivity index (χ3n) is 3.44. The van der Waals surface area contributed by atoms with Gasteiger partial charge in [-0.05, 0) is 17.7 Å². The van der Waals surface area contributed by atoms with Crippen LogP contribution < -0.4 is 0 Å². The van der Waals surface area contributed by atoms with Crippen molar-refractivity contribution in [2.75, 3.05) is 0 Å². The minimum atomic E-state index is -0.380. The number of nitro benzene ring substituents is 1. The van der Waals surface area contributed by atoms with E-state index in [0.29, 0.717) is 17.6 Å². The molecule has 0 spiro atoms. The summed E-state index contributed by atoms with van der Waals surface area (Å²) in [6.07, 6.45) is 1.81. The normalized spacial score (nSPS) is 10.4. The van der Waals surface area contributed by atoms with Crippen LogP contribution in [0.3, 0.4) is 0 Å². The molecule has 0 bridgehead atoms. The largest absolute Gasteiger partial charge is 0.337 e. The second-order valence-electron chi connectivity index (χ2n) is 4.68. The predicted molar refractivity (Wildman–Crippen MR) is 78.9 cm³/mol. The summed E-state index contributed by atoms with van der Waals surface area (Å²) >= 11 is 0. The predicted octanol–water partition coefficient (Wildman–Crippen LogP) is 3.47. The van der Waals surface area contributed by atoms with Crippen molar-refractivity contribution < 1.29 is 4.92 Å². The van der Waals surface area contributed by atoms with E-state index in [-0.39, 0.29) is 10.6 Å². The highest BCUT2D eigenvalue weighted by Crippen LogP contribution is 2.27. The molecule has 0 aliphatic heterocycles. The molecule has 0 unspecified atom stereocenters. The van der Waals surface area contributed by atoms with Crippen LogP contribution in [0.15, 0.2) is 54.7 Å². The van der Waals surface area contributed by atoms with Crippen LogP contribution in [0.25, 0.3) is 10.9 Å². The van der Waals surface area contributed by atoms with Gasteiger partial charge in [-0.1, -0.05) is 30.3 Å². The third-order valence-corrected chi connectivity index (χ3v) is 3.44. The molecule has 1 heterocycles. The molecular weight excluding hydrogens is 266 g/mol. The molecule has 1 aromatic heterocycles. The molecule has 0 saturated heterocycles. The smallest absolute Gasteiger partial charge is 0.293 e. The number of nitrogens with zero attached hydrogens (tertiary/aromatic N) is 3. The number of benzene rings is 2. The van der Waals surface area contributed by atoms with E-state index in [1.54, 1.807) is 18.2 Å². The second-order valence-corrected chi connectivity index (χ2v) is 4.68. The summed E-state index contributed by atoms with van der Waals surface area (Å²) in [6, 6.07) is 16.3. The van der Waals surface area contributed by atoms with Crippen LogP contribution in [-0.4, -0.2) is 9.49 Å². The fourth-order valence-corrected chi connectivity index (χ4v) is 2.47. The van der Waals surface area contributed by atoms with E-state index in [0.717, 1.165) is 10.9 Å². The van der Waals surface area contributed by atoms with Gasteiger partial charge < -0.3 is 4.57 Å². The fraction of sp³-hybridized carbons (Fsp3) is 0.0625. The van der Waals surface area contributed by atoms with Crippen LogP contribution in [0.1, 0.15) is 11.1 Å². The first-order valence-electron chi connectivity index (χ1n) is 6.41. The summed E-state index contributed by atoms with van der Waals surface area (Å²) in [5.74, 6) is 0. The van der Waals surface area contributed by atoms with Crippen molar-refractivity contribution in [3.8, 4) is 6.07 Å². The zero-order valence-electron chi connectivity index (χ0n) is 11.1. The molecule has 3 rings (SSSR count). The minimum absolute atomic E-state index is 0.0759. The molecule has 0 radical (unpaired) electrons. The fourth-order valence-electron chi connectivity index (χ4n) is 2.47. The summed E-state index contributed by atoms with van der Waals surface area (Å²) in [7, 11) is 0. The van der Waals surface area contributed by atoms with Crippen LogP contribution in [-0.2, 0) is 6.54 Å². The van der Waals surface area contributed by atoms with E-state index < -0.39 is 0 Å². The molecule has 0 saturated carbocycles. The standard InChI is InChI=1S/C16H11N3O2/c17-10-13-4-1-2-5-14(13)11-18-9-8-12-6-3-7-15(16(12)18)19(20)21/h1-9H,11H2. The van der Waals surface area contributed by atoms with Gasteiger partial charge in [0.1, 0.15) is 5.52 Å². The monoisotopic (exact) mass is 277 g/mol. The van der Waals surface area contributed by atoms with E-state index in [1.807, 2.05) is 35.0 Å². The van der Waals surface area contributed by atoms with Gasteiger partial charge in [-0.15, -0.1) is 0 Å². The molecule has 21 heavy (non-hydrogen) atoms. The lowest BCUT2D eigenvalue weighted by Gasteiger charge is -2.07. The first kappa shape index (κ1) is 12.9. The summed E-state index contributed by atoms with van der Waals surface area (Å²) in [5.41, 5.74) is 2.08. The van der Waals surface area contributed by atoms with E-state index in [2.05, 4.69) is 6.07 Å². The molecule has 0 aliphatic carbocycles. The number of para-hydroxylation sites is 1. The molecule has 0 N–H and O–H groups in total. The number of hydrogen-bond donors (Lipinski definition) is 0. The van der Waals surface area contributed by atoms with E-state index in [1.165, 1.54) is 6.07 Å². The lowest BCUT2D eigenvalue weighted by molar-refractivity contribution is -0.383. The Labute approximate surface area is 120 Å². The van der Waals surface area contributed by atoms with Crippen molar-refractivity contribution in [2.45, 2.75) is 6.54 Å². The van der Waals surface area contributed by atoms with Crippen LogP contribution in [0.4, 0.5) is 5.69 Å². The Balaban J connectivity index is 2.14. The van der Waals surface area contributed by atoms with Crippen molar-refractivity contribution in [3.63, 3.8) is 0 Å². The van der Waals surface area contributed by atoms with Crippen LogP contribution >= 0.6 is 0 Å². The van der Waals surface area contributed by atoms with Gasteiger partial charge in [0.05, 0.1) is 16.6 Å². The lowest BCUT2D eigenvalue weighted by atomic mass is 10.1. The van der Waals surface area contributed by atoms with Crippen molar-refractivity contribution in [2.24, 2.45) is 0 Å². The Hall–Kier alpha value is -3.13. The van der Waals surface area contributed by atoms with Gasteiger partial charge in [0.25, 0.3) is 5.69 Å². The lowest BCUT2D eigenvalue weighted by Crippen LogP contribution is -2.02. The van der Waals surface area contributed by atoms with Gasteiger partial charge in [0.15, 0.2) is 0 Å². The van der Waals surface area contributed by atoms with E-state index in [9.17, 15) is 10.1 Å². The van der Waals surface area contributed by atoms with Gasteiger partial charge in [0.2, 0.25) is 0 Å². The molecular formula is C16H11N3O2. The number of rotatable bonds is 3. The molecule has 0 atom stereocenters. The number of nitro groups is 1. The quantitative estimate of drug-likeness (QED) is 0.543. The minimum Gasteiger partial charge on any atom is -0.337 e. The van der Waals surface area contributed by atoms with Gasteiger partial charge in [-0.25, -0.2) is 0 Å². The van der Waals surface area contributed by atoms with Gasteiger partial charge >= 0.3 is 0 Å². The molecule has 3 aromatic rings. The maximum absolute atomic E-state index is 11.2. The zero-order chi connectivity index (χ0) is 14.8. The van der Waals surface area contributed by atoms with Crippen molar-refractivity contribution in [1.82, 2.24) is 4.57 Å². The maximum atomic E-state index is 11.2. The van der Waals surface area contributed by atoms with Crippen LogP contribution in [0.5, 0.6) is 0 Å². The summed E-state index contributed by atoms with van der Waals surface area (Å²) < 4.78 is 1.81. The highest BCUT2D eigenvalue weighted by atomic mass is 16.6. The SMILES string of the molecule is N#Cc1ccccc1Cn1ccc2cccc([N+](=O)[O-])c21. The van der Waals surface area contributed by atoms with Crippen molar-refractivity contribution >= 4 is 16.6 Å². The molecule has 5 heteroatoms. The average molecular weight is 277 g/mol. The number of nitriles is 1. The average Bonchev–Trinajstić information content (AvgIpc) is 2.91. The molecule has 2 aromatic carbocycles. The summed E-state index contributed by atoms with van der Waals surface area (Å²) in [5, 5.41) is 21.1. The first-order chi connectivity index (χ1) is 10.2. The Morgan fingerprint density at radius 2 is 1.95 bits per heavy atom. The third kappa shape index (κ3) is 2.23. The number of fused-ring (bicyclic) bond motifs is 1. The molecule has 0 amide bonds. The van der Waals surface area contributed by atoms with Crippen LogP contribution in [0.2, 0.25) is 0 Å². The van der Waals surface area contributed by atoms with E-state index >= 15 is 0 Å². The summed E-state index contributed by atoms with van der Waals surface area (Å²) in [6.45, 7) is 0.429. The Kier molecular flexibility index (Phi) is 3.13. The first-order valence-corrected chi connectivity index (χ1v) is 6.41. The van der Waals surface area contributed by atoms with Crippen LogP contribution in [0, 0.1) is 21.4 Å². The van der Waals surface area contributed by atoms with E-state index in [4.69, 9.17) is 5.26 Å². The summed E-state index contributed by atoms with van der Waals surface area (Å²) in [4.78, 5) is 10.8. The second kappa shape index (κ2) is 5.10. The molecule has 0 fully saturated rings. The highest BCUT2D eigenvalue weighted by molar-refractivity contribution is 5.88. The Morgan fingerprint density at radius 3 is 2.71 bits per heavy atom. The Morgan fingerprint density at radius 1 is 1.14 bits per heavy atom. The Bertz CT molecular complexity index is 875. The molecule has 102 valence electrons. The number of aromatic nitrogens is 1. The zero-order valence-corrected chi connectivity index (χ0v) is 11.1. The van der Waals surface area contributed by atoms with Crippen molar-refractivity contribution in [1.29, 1.82) is 5.26 Å². The number of non-ortho nitro benzene ring substituents is 1. The highest BCUT2D eigenvalue weighted by Gasteiger charge is 2.15. The molecule has 5 nitrogen and oxygen atoms in total. The van der Waals surface area contributed by atoms with Gasteiger partial charge in [0, 0.05) is 24.2 Å². The number of hydrogen-bond acceptors (Lipinski definition) is 3. The van der Waals surface area contributed by atoms with Gasteiger partial charge in [-0.3, -0.25) is 10.1 Å².